The molecule has 0 saturated carbocycles. The van der Waals surface area contributed by atoms with Gasteiger partial charge in [0, 0.05) is 31.9 Å². The largest absolute Gasteiger partial charge is 0.492 e. The van der Waals surface area contributed by atoms with Crippen molar-refractivity contribution in [3.63, 3.8) is 0 Å². The summed E-state index contributed by atoms with van der Waals surface area (Å²) in [7, 11) is 5.82. The van der Waals surface area contributed by atoms with Crippen LogP contribution in [0.5, 0.6) is 5.75 Å². The van der Waals surface area contributed by atoms with E-state index in [1.807, 2.05) is 43.1 Å². The predicted molar refractivity (Wildman–Crippen MR) is 119 cm³/mol. The lowest BCUT2D eigenvalue weighted by Crippen LogP contribution is -2.20. The van der Waals surface area contributed by atoms with Gasteiger partial charge in [0.25, 0.3) is 5.91 Å². The van der Waals surface area contributed by atoms with E-state index in [0.717, 1.165) is 17.9 Å². The summed E-state index contributed by atoms with van der Waals surface area (Å²) in [5, 5.41) is 2.83. The first-order valence-electron chi connectivity index (χ1n) is 9.87. The van der Waals surface area contributed by atoms with Gasteiger partial charge >= 0.3 is 0 Å². The maximum atomic E-state index is 13.1. The maximum Gasteiger partial charge on any atom is 0.274 e. The number of rotatable bonds is 9. The average Bonchev–Trinajstić information content (AvgIpc) is 2.76. The first-order chi connectivity index (χ1) is 14.9. The second kappa shape index (κ2) is 10.5. The molecule has 0 fully saturated rings. The SMILES string of the molecule is CN(C)CCOc1ccc(NC(=O)c2cc(N(C)Cc3ccc(F)cc3)ncn2)cc1. The summed E-state index contributed by atoms with van der Waals surface area (Å²) in [6, 6.07) is 15.1. The van der Waals surface area contributed by atoms with Crippen LogP contribution in [-0.4, -0.2) is 55.1 Å². The topological polar surface area (TPSA) is 70.6 Å². The summed E-state index contributed by atoms with van der Waals surface area (Å²) in [4.78, 5) is 24.8. The molecule has 0 bridgehead atoms. The van der Waals surface area contributed by atoms with Gasteiger partial charge in [-0.1, -0.05) is 12.1 Å². The van der Waals surface area contributed by atoms with Gasteiger partial charge < -0.3 is 19.9 Å². The molecule has 1 N–H and O–H groups in total. The molecular weight excluding hydrogens is 397 g/mol. The Morgan fingerprint density at radius 2 is 1.74 bits per heavy atom. The summed E-state index contributed by atoms with van der Waals surface area (Å²) in [6.07, 6.45) is 1.35. The molecule has 0 atom stereocenters. The molecule has 8 heteroatoms. The summed E-state index contributed by atoms with van der Waals surface area (Å²) in [5.74, 6) is 0.723. The Labute approximate surface area is 181 Å². The number of carbonyl (C=O) groups is 1. The third-order valence-corrected chi connectivity index (χ3v) is 4.53. The van der Waals surface area contributed by atoms with Gasteiger partial charge in [-0.05, 0) is 56.1 Å². The highest BCUT2D eigenvalue weighted by Crippen LogP contribution is 2.18. The molecule has 1 amide bonds. The Kier molecular flexibility index (Phi) is 7.50. The van der Waals surface area contributed by atoms with Gasteiger partial charge in [0.15, 0.2) is 0 Å². The molecule has 31 heavy (non-hydrogen) atoms. The van der Waals surface area contributed by atoms with Crippen molar-refractivity contribution in [3.8, 4) is 5.75 Å². The minimum Gasteiger partial charge on any atom is -0.492 e. The number of carbonyl (C=O) groups excluding carboxylic acids is 1. The molecule has 7 nitrogen and oxygen atoms in total. The van der Waals surface area contributed by atoms with E-state index in [1.54, 1.807) is 30.3 Å². The summed E-state index contributed by atoms with van der Waals surface area (Å²) in [5.41, 5.74) is 1.83. The van der Waals surface area contributed by atoms with Crippen molar-refractivity contribution >= 4 is 17.4 Å². The Hall–Kier alpha value is -3.52. The van der Waals surface area contributed by atoms with Crippen molar-refractivity contribution in [2.24, 2.45) is 0 Å². The average molecular weight is 423 g/mol. The summed E-state index contributed by atoms with van der Waals surface area (Å²) < 4.78 is 18.7. The van der Waals surface area contributed by atoms with Crippen molar-refractivity contribution in [1.29, 1.82) is 0 Å². The summed E-state index contributed by atoms with van der Waals surface area (Å²) in [6.45, 7) is 1.94. The molecule has 0 saturated heterocycles. The highest BCUT2D eigenvalue weighted by molar-refractivity contribution is 6.03. The number of nitrogens with zero attached hydrogens (tertiary/aromatic N) is 4. The van der Waals surface area contributed by atoms with Crippen LogP contribution in [0.4, 0.5) is 15.9 Å². The van der Waals surface area contributed by atoms with Crippen LogP contribution < -0.4 is 15.0 Å². The first kappa shape index (κ1) is 22.2. The van der Waals surface area contributed by atoms with Gasteiger partial charge in [-0.3, -0.25) is 4.79 Å². The second-order valence-corrected chi connectivity index (χ2v) is 7.37. The Bertz CT molecular complexity index is 994. The van der Waals surface area contributed by atoms with Gasteiger partial charge in [0.1, 0.15) is 36.0 Å². The number of anilines is 2. The zero-order chi connectivity index (χ0) is 22.2. The van der Waals surface area contributed by atoms with Crippen molar-refractivity contribution in [3.05, 3.63) is 78.0 Å². The van der Waals surface area contributed by atoms with Crippen LogP contribution in [0.1, 0.15) is 16.1 Å². The fourth-order valence-corrected chi connectivity index (χ4v) is 2.80. The number of hydrogen-bond acceptors (Lipinski definition) is 6. The number of benzene rings is 2. The standard InChI is InChI=1S/C23H26FN5O2/c1-28(2)12-13-31-20-10-8-19(9-11-20)27-23(30)21-14-22(26-16-25-21)29(3)15-17-4-6-18(24)7-5-17/h4-11,14,16H,12-13,15H2,1-3H3,(H,27,30). The molecule has 0 aliphatic carbocycles. The smallest absolute Gasteiger partial charge is 0.274 e. The molecule has 0 aliphatic heterocycles. The van der Waals surface area contributed by atoms with Crippen molar-refractivity contribution < 1.29 is 13.9 Å². The third kappa shape index (κ3) is 6.75. The number of halogens is 1. The fourth-order valence-electron chi connectivity index (χ4n) is 2.80. The van der Waals surface area contributed by atoms with Crippen LogP contribution in [-0.2, 0) is 6.54 Å². The van der Waals surface area contributed by atoms with Crippen molar-refractivity contribution in [2.75, 3.05) is 44.5 Å². The van der Waals surface area contributed by atoms with Crippen LogP contribution >= 0.6 is 0 Å². The van der Waals surface area contributed by atoms with Gasteiger partial charge in [0.2, 0.25) is 0 Å². The molecule has 1 heterocycles. The van der Waals surface area contributed by atoms with Crippen molar-refractivity contribution in [1.82, 2.24) is 14.9 Å². The Balaban J connectivity index is 1.59. The van der Waals surface area contributed by atoms with E-state index in [2.05, 4.69) is 15.3 Å². The van der Waals surface area contributed by atoms with Gasteiger partial charge in [-0.2, -0.15) is 0 Å². The quantitative estimate of drug-likeness (QED) is 0.569. The van der Waals surface area contributed by atoms with Crippen LogP contribution in [0.2, 0.25) is 0 Å². The molecule has 0 spiro atoms. The third-order valence-electron chi connectivity index (χ3n) is 4.53. The number of nitrogens with one attached hydrogen (secondary N) is 1. The molecule has 3 rings (SSSR count). The molecule has 2 aromatic carbocycles. The minimum absolute atomic E-state index is 0.252. The molecule has 0 aliphatic rings. The Morgan fingerprint density at radius 3 is 2.42 bits per heavy atom. The molecular formula is C23H26FN5O2. The molecule has 3 aromatic rings. The molecule has 162 valence electrons. The highest BCUT2D eigenvalue weighted by Gasteiger charge is 2.12. The van der Waals surface area contributed by atoms with E-state index < -0.39 is 0 Å². The van der Waals surface area contributed by atoms with Crippen LogP contribution in [0.25, 0.3) is 0 Å². The lowest BCUT2D eigenvalue weighted by Gasteiger charge is -2.18. The van der Waals surface area contributed by atoms with E-state index in [9.17, 15) is 9.18 Å². The fraction of sp³-hybridized carbons (Fsp3) is 0.261. The lowest BCUT2D eigenvalue weighted by atomic mass is 10.2. The van der Waals surface area contributed by atoms with Crippen LogP contribution in [0.3, 0.4) is 0 Å². The van der Waals surface area contributed by atoms with E-state index in [0.29, 0.717) is 24.7 Å². The zero-order valence-electron chi connectivity index (χ0n) is 17.9. The summed E-state index contributed by atoms with van der Waals surface area (Å²) >= 11 is 0. The van der Waals surface area contributed by atoms with Gasteiger partial charge in [0.05, 0.1) is 0 Å². The highest BCUT2D eigenvalue weighted by atomic mass is 19.1. The predicted octanol–water partition coefficient (Wildman–Crippen LogP) is 3.44. The van der Waals surface area contributed by atoms with E-state index in [1.165, 1.54) is 18.5 Å². The van der Waals surface area contributed by atoms with Crippen LogP contribution in [0, 0.1) is 5.82 Å². The second-order valence-electron chi connectivity index (χ2n) is 7.37. The van der Waals surface area contributed by atoms with Gasteiger partial charge in [-0.15, -0.1) is 0 Å². The number of amides is 1. The lowest BCUT2D eigenvalue weighted by molar-refractivity contribution is 0.102. The zero-order valence-corrected chi connectivity index (χ0v) is 17.9. The number of aromatic nitrogens is 2. The van der Waals surface area contributed by atoms with Crippen LogP contribution in [0.15, 0.2) is 60.9 Å². The van der Waals surface area contributed by atoms with E-state index in [-0.39, 0.29) is 17.4 Å². The minimum atomic E-state index is -0.333. The Morgan fingerprint density at radius 1 is 1.03 bits per heavy atom. The van der Waals surface area contributed by atoms with Crippen molar-refractivity contribution in [2.45, 2.75) is 6.54 Å². The maximum absolute atomic E-state index is 13.1. The monoisotopic (exact) mass is 423 g/mol. The number of hydrogen-bond donors (Lipinski definition) is 1. The first-order valence-corrected chi connectivity index (χ1v) is 9.87. The number of likely N-dealkylation sites (N-methyl/N-ethyl adjacent to an activating group) is 1. The van der Waals surface area contributed by atoms with Gasteiger partial charge in [-0.25, -0.2) is 14.4 Å². The van der Waals surface area contributed by atoms with E-state index in [4.69, 9.17) is 4.74 Å². The molecule has 1 aromatic heterocycles. The molecule has 0 unspecified atom stereocenters. The van der Waals surface area contributed by atoms with E-state index >= 15 is 0 Å². The molecule has 0 radical (unpaired) electrons. The normalized spacial score (nSPS) is 10.7. The number of ether oxygens (including phenoxy) is 1.